The molecule has 13 heteroatoms. The minimum Gasteiger partial charge on any atom is -0.354 e. The first-order valence-corrected chi connectivity index (χ1v) is 15.1. The van der Waals surface area contributed by atoms with Crippen LogP contribution in [0, 0.1) is 0 Å². The maximum atomic E-state index is 13.8. The number of sulfonamides is 1. The zero-order valence-corrected chi connectivity index (χ0v) is 25.3. The molecular formula is C28H28BrClF3N3O4S. The number of rotatable bonds is 11. The molecule has 0 spiro atoms. The third-order valence-electron chi connectivity index (χ3n) is 6.11. The molecule has 0 heterocycles. The summed E-state index contributed by atoms with van der Waals surface area (Å²) in [5, 5.41) is 2.10. The molecule has 0 aromatic heterocycles. The van der Waals surface area contributed by atoms with Gasteiger partial charge in [0.05, 0.1) is 21.2 Å². The van der Waals surface area contributed by atoms with Crippen LogP contribution in [0.3, 0.4) is 0 Å². The first-order valence-electron chi connectivity index (χ1n) is 12.5. The van der Waals surface area contributed by atoms with Crippen LogP contribution in [0.5, 0.6) is 0 Å². The fraction of sp³-hybridized carbons (Fsp3) is 0.286. The van der Waals surface area contributed by atoms with Gasteiger partial charge in [0.2, 0.25) is 11.8 Å². The van der Waals surface area contributed by atoms with Gasteiger partial charge in [0.15, 0.2) is 0 Å². The standard InChI is InChI=1S/C28H28BrClF3N3O4S/c1-3-14-34-27(38)19(2)35(17-20-8-7-9-21(29)15-20)26(37)18-36(41(39,40)23-10-5-4-6-11-23)22-12-13-25(30)24(16-22)28(31,32)33/h4-13,15-16,19H,3,14,17-18H2,1-2H3,(H,34,38)/t19-/m0/s1. The first kappa shape index (κ1) is 32.4. The van der Waals surface area contributed by atoms with Crippen molar-refractivity contribution in [3.63, 3.8) is 0 Å². The lowest BCUT2D eigenvalue weighted by molar-refractivity contribution is -0.139. The molecule has 0 unspecified atom stereocenters. The van der Waals surface area contributed by atoms with Crippen molar-refractivity contribution in [2.24, 2.45) is 0 Å². The Labute approximate surface area is 250 Å². The Morgan fingerprint density at radius 2 is 1.71 bits per heavy atom. The van der Waals surface area contributed by atoms with Gasteiger partial charge >= 0.3 is 6.18 Å². The van der Waals surface area contributed by atoms with Crippen LogP contribution in [-0.4, -0.2) is 44.3 Å². The van der Waals surface area contributed by atoms with E-state index in [1.54, 1.807) is 30.3 Å². The molecule has 0 aliphatic heterocycles. The summed E-state index contributed by atoms with van der Waals surface area (Å²) in [6.45, 7) is 2.79. The quantitative estimate of drug-likeness (QED) is 0.260. The lowest BCUT2D eigenvalue weighted by Gasteiger charge is -2.32. The van der Waals surface area contributed by atoms with Crippen molar-refractivity contribution in [3.8, 4) is 0 Å². The Hall–Kier alpha value is -3.09. The van der Waals surface area contributed by atoms with Crippen molar-refractivity contribution in [3.05, 3.63) is 93.4 Å². The van der Waals surface area contributed by atoms with E-state index in [1.807, 2.05) is 6.92 Å². The number of amides is 2. The predicted molar refractivity (Wildman–Crippen MR) is 155 cm³/mol. The third-order valence-corrected chi connectivity index (χ3v) is 8.72. The van der Waals surface area contributed by atoms with Crippen molar-refractivity contribution < 1.29 is 31.2 Å². The predicted octanol–water partition coefficient (Wildman–Crippen LogP) is 6.26. The molecular weight excluding hydrogens is 647 g/mol. The summed E-state index contributed by atoms with van der Waals surface area (Å²) in [5.41, 5.74) is -1.02. The molecule has 220 valence electrons. The number of alkyl halides is 3. The van der Waals surface area contributed by atoms with Gasteiger partial charge in [-0.1, -0.05) is 64.8 Å². The highest BCUT2D eigenvalue weighted by atomic mass is 79.9. The third kappa shape index (κ3) is 8.23. The number of carbonyl (C=O) groups is 2. The molecule has 0 bridgehead atoms. The summed E-state index contributed by atoms with van der Waals surface area (Å²) < 4.78 is 69.9. The molecule has 0 fully saturated rings. The number of nitrogens with zero attached hydrogens (tertiary/aromatic N) is 2. The summed E-state index contributed by atoms with van der Waals surface area (Å²) in [4.78, 5) is 27.7. The smallest absolute Gasteiger partial charge is 0.354 e. The van der Waals surface area contributed by atoms with Crippen molar-refractivity contribution in [1.29, 1.82) is 0 Å². The molecule has 2 amide bonds. The highest BCUT2D eigenvalue weighted by molar-refractivity contribution is 9.10. The molecule has 0 aliphatic carbocycles. The molecule has 1 atom stereocenters. The van der Waals surface area contributed by atoms with E-state index in [1.165, 1.54) is 36.1 Å². The maximum Gasteiger partial charge on any atom is 0.417 e. The van der Waals surface area contributed by atoms with Gasteiger partial charge in [-0.15, -0.1) is 0 Å². The summed E-state index contributed by atoms with van der Waals surface area (Å²) in [6.07, 6.45) is -4.23. The number of hydrogen-bond donors (Lipinski definition) is 1. The fourth-order valence-corrected chi connectivity index (χ4v) is 6.04. The Morgan fingerprint density at radius 1 is 1.02 bits per heavy atom. The molecule has 3 aromatic carbocycles. The van der Waals surface area contributed by atoms with Crippen LogP contribution in [0.1, 0.15) is 31.4 Å². The van der Waals surface area contributed by atoms with E-state index in [9.17, 15) is 31.2 Å². The van der Waals surface area contributed by atoms with Crippen LogP contribution in [-0.2, 0) is 32.3 Å². The number of anilines is 1. The normalized spacial score (nSPS) is 12.5. The van der Waals surface area contributed by atoms with Crippen LogP contribution in [0.25, 0.3) is 0 Å². The van der Waals surface area contributed by atoms with Gasteiger partial charge in [-0.2, -0.15) is 13.2 Å². The van der Waals surface area contributed by atoms with Gasteiger partial charge < -0.3 is 10.2 Å². The number of hydrogen-bond acceptors (Lipinski definition) is 4. The lowest BCUT2D eigenvalue weighted by Crippen LogP contribution is -2.51. The minimum absolute atomic E-state index is 0.0629. The minimum atomic E-state index is -4.88. The van der Waals surface area contributed by atoms with Gasteiger partial charge in [-0.05, 0) is 61.4 Å². The number of nitrogens with one attached hydrogen (secondary N) is 1. The fourth-order valence-electron chi connectivity index (χ4n) is 3.94. The van der Waals surface area contributed by atoms with Crippen LogP contribution < -0.4 is 9.62 Å². The van der Waals surface area contributed by atoms with Crippen molar-refractivity contribution >= 4 is 55.1 Å². The molecule has 0 saturated carbocycles. The number of benzene rings is 3. The van der Waals surface area contributed by atoms with Gasteiger partial charge in [-0.25, -0.2) is 8.42 Å². The molecule has 3 aromatic rings. The van der Waals surface area contributed by atoms with Crippen LogP contribution in [0.15, 0.2) is 82.2 Å². The van der Waals surface area contributed by atoms with Crippen molar-refractivity contribution in [1.82, 2.24) is 10.2 Å². The van der Waals surface area contributed by atoms with E-state index < -0.39 is 56.9 Å². The average Bonchev–Trinajstić information content (AvgIpc) is 2.93. The molecule has 7 nitrogen and oxygen atoms in total. The Morgan fingerprint density at radius 3 is 2.32 bits per heavy atom. The first-order chi connectivity index (χ1) is 19.3. The second-order valence-corrected chi connectivity index (χ2v) is 12.3. The molecule has 1 N–H and O–H groups in total. The molecule has 41 heavy (non-hydrogen) atoms. The summed E-state index contributed by atoms with van der Waals surface area (Å²) in [5.74, 6) is -1.26. The Balaban J connectivity index is 2.10. The molecule has 0 radical (unpaired) electrons. The van der Waals surface area contributed by atoms with Crippen molar-refractivity contribution in [2.45, 2.75) is 43.9 Å². The van der Waals surface area contributed by atoms with E-state index in [0.29, 0.717) is 28.9 Å². The summed E-state index contributed by atoms with van der Waals surface area (Å²) in [7, 11) is -4.53. The zero-order chi connectivity index (χ0) is 30.4. The van der Waals surface area contributed by atoms with Gasteiger partial charge in [0.25, 0.3) is 10.0 Å². The van der Waals surface area contributed by atoms with Crippen molar-refractivity contribution in [2.75, 3.05) is 17.4 Å². The zero-order valence-electron chi connectivity index (χ0n) is 22.2. The Kier molecular flexibility index (Phi) is 10.8. The maximum absolute atomic E-state index is 13.8. The SMILES string of the molecule is CCCNC(=O)[C@H](C)N(Cc1cccc(Br)c1)C(=O)CN(c1ccc(Cl)c(C(F)(F)F)c1)S(=O)(=O)c1ccccc1. The van der Waals surface area contributed by atoms with E-state index in [2.05, 4.69) is 21.2 Å². The molecule has 3 rings (SSSR count). The molecule has 0 saturated heterocycles. The van der Waals surface area contributed by atoms with E-state index in [0.717, 1.165) is 16.6 Å². The number of halogens is 5. The second kappa shape index (κ2) is 13.7. The van der Waals surface area contributed by atoms with E-state index in [4.69, 9.17) is 11.6 Å². The molecule has 0 aliphatic rings. The van der Waals surface area contributed by atoms with Crippen LogP contribution in [0.4, 0.5) is 18.9 Å². The lowest BCUT2D eigenvalue weighted by atomic mass is 10.1. The highest BCUT2D eigenvalue weighted by Crippen LogP contribution is 2.38. The van der Waals surface area contributed by atoms with Gasteiger partial charge in [-0.3, -0.25) is 13.9 Å². The monoisotopic (exact) mass is 673 g/mol. The van der Waals surface area contributed by atoms with Gasteiger partial charge in [0, 0.05) is 17.6 Å². The average molecular weight is 675 g/mol. The Bertz CT molecular complexity index is 1490. The highest BCUT2D eigenvalue weighted by Gasteiger charge is 2.37. The van der Waals surface area contributed by atoms with Gasteiger partial charge in [0.1, 0.15) is 12.6 Å². The van der Waals surface area contributed by atoms with E-state index in [-0.39, 0.29) is 11.4 Å². The largest absolute Gasteiger partial charge is 0.417 e. The summed E-state index contributed by atoms with van der Waals surface area (Å²) in [6, 6.07) is 15.6. The van der Waals surface area contributed by atoms with E-state index >= 15 is 0 Å². The summed E-state index contributed by atoms with van der Waals surface area (Å²) >= 11 is 9.15. The number of carbonyl (C=O) groups excluding carboxylic acids is 2. The second-order valence-electron chi connectivity index (χ2n) is 9.11. The van der Waals surface area contributed by atoms with Crippen LogP contribution in [0.2, 0.25) is 5.02 Å². The topological polar surface area (TPSA) is 86.8 Å². The van der Waals surface area contributed by atoms with Crippen LogP contribution >= 0.6 is 27.5 Å².